The number of hydrogen-bond donors (Lipinski definition) is 1. The molecule has 1 unspecified atom stereocenters. The summed E-state index contributed by atoms with van der Waals surface area (Å²) in [7, 11) is 0. The molecule has 1 N–H and O–H groups in total. The van der Waals surface area contributed by atoms with Gasteiger partial charge in [0.15, 0.2) is 0 Å². The minimum atomic E-state index is -0.130. The van der Waals surface area contributed by atoms with Gasteiger partial charge in [-0.25, -0.2) is 0 Å². The lowest BCUT2D eigenvalue weighted by atomic mass is 10.1. The van der Waals surface area contributed by atoms with Crippen molar-refractivity contribution < 1.29 is 4.74 Å². The highest BCUT2D eigenvalue weighted by Crippen LogP contribution is 2.22. The van der Waals surface area contributed by atoms with Gasteiger partial charge in [0.25, 0.3) is 0 Å². The molecular weight excluding hydrogens is 224 g/mol. The van der Waals surface area contributed by atoms with Crippen LogP contribution in [0, 0.1) is 0 Å². The van der Waals surface area contributed by atoms with E-state index in [0.29, 0.717) is 6.04 Å². The predicted octanol–water partition coefficient (Wildman–Crippen LogP) is 3.71. The number of nitrogens with zero attached hydrogens (tertiary/aromatic N) is 1. The van der Waals surface area contributed by atoms with Crippen LogP contribution in [0.1, 0.15) is 59.2 Å². The molecule has 0 amide bonds. The quantitative estimate of drug-likeness (QED) is 0.801. The number of hydrogen-bond acceptors (Lipinski definition) is 3. The Morgan fingerprint density at radius 1 is 1.28 bits per heavy atom. The molecule has 102 valence electrons. The number of nitrogens with one attached hydrogen (secondary N) is 1. The summed E-state index contributed by atoms with van der Waals surface area (Å²) >= 11 is 0. The summed E-state index contributed by atoms with van der Waals surface area (Å²) in [5.74, 6) is 0.844. The van der Waals surface area contributed by atoms with E-state index >= 15 is 0 Å². The summed E-state index contributed by atoms with van der Waals surface area (Å²) in [6.45, 7) is 11.5. The van der Waals surface area contributed by atoms with Gasteiger partial charge in [-0.3, -0.25) is 4.98 Å². The second-order valence-electron chi connectivity index (χ2n) is 5.15. The van der Waals surface area contributed by atoms with Crippen LogP contribution in [0.15, 0.2) is 18.3 Å². The van der Waals surface area contributed by atoms with Gasteiger partial charge in [-0.2, -0.15) is 0 Å². The minimum Gasteiger partial charge on any atom is -0.486 e. The van der Waals surface area contributed by atoms with Crippen LogP contribution in [0.5, 0.6) is 5.75 Å². The zero-order chi connectivity index (χ0) is 13.6. The van der Waals surface area contributed by atoms with Crippen LogP contribution in [0.25, 0.3) is 0 Å². The number of aromatic nitrogens is 1. The standard InChI is InChI=1S/C15H26N2O/c1-6-13(16-8-3)14-10-9-12(11-17-14)18-15(4,5)7-2/h9-11,13,16H,6-8H2,1-5H3. The molecule has 1 aromatic heterocycles. The first-order valence-electron chi connectivity index (χ1n) is 6.90. The Kier molecular flexibility index (Phi) is 5.60. The lowest BCUT2D eigenvalue weighted by Gasteiger charge is -2.25. The SMILES string of the molecule is CCNC(CC)c1ccc(OC(C)(C)CC)cn1. The molecule has 1 aromatic rings. The average molecular weight is 250 g/mol. The van der Waals surface area contributed by atoms with Crippen LogP contribution in [0.4, 0.5) is 0 Å². The fraction of sp³-hybridized carbons (Fsp3) is 0.667. The molecular formula is C15H26N2O. The zero-order valence-electron chi connectivity index (χ0n) is 12.3. The molecule has 0 aliphatic rings. The molecule has 0 bridgehead atoms. The molecule has 3 nitrogen and oxygen atoms in total. The number of rotatable bonds is 7. The molecule has 1 atom stereocenters. The van der Waals surface area contributed by atoms with Crippen molar-refractivity contribution in [3.8, 4) is 5.75 Å². The normalized spacial score (nSPS) is 13.4. The maximum absolute atomic E-state index is 5.90. The van der Waals surface area contributed by atoms with E-state index in [1.807, 2.05) is 12.3 Å². The topological polar surface area (TPSA) is 34.1 Å². The molecule has 0 radical (unpaired) electrons. The van der Waals surface area contributed by atoms with E-state index < -0.39 is 0 Å². The molecule has 0 fully saturated rings. The van der Waals surface area contributed by atoms with Gasteiger partial charge in [-0.15, -0.1) is 0 Å². The van der Waals surface area contributed by atoms with Crippen LogP contribution in [-0.2, 0) is 0 Å². The third-order valence-corrected chi connectivity index (χ3v) is 3.22. The number of pyridine rings is 1. The van der Waals surface area contributed by atoms with Crippen molar-refractivity contribution >= 4 is 0 Å². The van der Waals surface area contributed by atoms with Gasteiger partial charge in [-0.1, -0.05) is 20.8 Å². The van der Waals surface area contributed by atoms with Crippen molar-refractivity contribution in [2.45, 2.75) is 59.1 Å². The summed E-state index contributed by atoms with van der Waals surface area (Å²) < 4.78 is 5.90. The van der Waals surface area contributed by atoms with Crippen molar-refractivity contribution in [2.75, 3.05) is 6.54 Å². The van der Waals surface area contributed by atoms with E-state index in [9.17, 15) is 0 Å². The van der Waals surface area contributed by atoms with Crippen molar-refractivity contribution in [1.29, 1.82) is 0 Å². The highest BCUT2D eigenvalue weighted by Gasteiger charge is 2.17. The van der Waals surface area contributed by atoms with Gasteiger partial charge in [0, 0.05) is 6.04 Å². The van der Waals surface area contributed by atoms with Gasteiger partial charge in [0.2, 0.25) is 0 Å². The third kappa shape index (κ3) is 4.30. The Morgan fingerprint density at radius 3 is 2.44 bits per heavy atom. The summed E-state index contributed by atoms with van der Waals surface area (Å²) in [4.78, 5) is 4.50. The molecule has 0 aliphatic carbocycles. The highest BCUT2D eigenvalue weighted by atomic mass is 16.5. The van der Waals surface area contributed by atoms with Gasteiger partial charge < -0.3 is 10.1 Å². The Balaban J connectivity index is 2.73. The van der Waals surface area contributed by atoms with Crippen LogP contribution < -0.4 is 10.1 Å². The molecule has 0 aliphatic heterocycles. The zero-order valence-corrected chi connectivity index (χ0v) is 12.3. The van der Waals surface area contributed by atoms with Gasteiger partial charge >= 0.3 is 0 Å². The number of ether oxygens (including phenoxy) is 1. The summed E-state index contributed by atoms with van der Waals surface area (Å²) in [5, 5.41) is 3.42. The van der Waals surface area contributed by atoms with E-state index in [2.05, 4.69) is 51.0 Å². The average Bonchev–Trinajstić information content (AvgIpc) is 2.37. The second kappa shape index (κ2) is 6.74. The van der Waals surface area contributed by atoms with Gasteiger partial charge in [-0.05, 0) is 45.4 Å². The molecule has 18 heavy (non-hydrogen) atoms. The van der Waals surface area contributed by atoms with E-state index in [0.717, 1.165) is 30.8 Å². The van der Waals surface area contributed by atoms with Crippen LogP contribution >= 0.6 is 0 Å². The Hall–Kier alpha value is -1.09. The fourth-order valence-electron chi connectivity index (χ4n) is 1.75. The molecule has 0 aromatic carbocycles. The molecule has 0 saturated carbocycles. The first-order chi connectivity index (χ1) is 8.52. The molecule has 3 heteroatoms. The van der Waals surface area contributed by atoms with E-state index in [1.54, 1.807) is 0 Å². The lowest BCUT2D eigenvalue weighted by molar-refractivity contribution is 0.105. The maximum Gasteiger partial charge on any atom is 0.138 e. The highest BCUT2D eigenvalue weighted by molar-refractivity contribution is 5.22. The molecule has 1 rings (SSSR count). The van der Waals surface area contributed by atoms with Crippen molar-refractivity contribution in [3.05, 3.63) is 24.0 Å². The predicted molar refractivity (Wildman–Crippen MR) is 75.9 cm³/mol. The molecule has 1 heterocycles. The van der Waals surface area contributed by atoms with Crippen molar-refractivity contribution in [2.24, 2.45) is 0 Å². The fourth-order valence-corrected chi connectivity index (χ4v) is 1.75. The monoisotopic (exact) mass is 250 g/mol. The summed E-state index contributed by atoms with van der Waals surface area (Å²) in [5.41, 5.74) is 0.954. The van der Waals surface area contributed by atoms with Crippen LogP contribution in [0.3, 0.4) is 0 Å². The second-order valence-corrected chi connectivity index (χ2v) is 5.15. The van der Waals surface area contributed by atoms with E-state index in [-0.39, 0.29) is 5.60 Å². The summed E-state index contributed by atoms with van der Waals surface area (Å²) in [6, 6.07) is 4.40. The van der Waals surface area contributed by atoms with Crippen LogP contribution in [0.2, 0.25) is 0 Å². The first-order valence-corrected chi connectivity index (χ1v) is 6.90. The smallest absolute Gasteiger partial charge is 0.138 e. The van der Waals surface area contributed by atoms with E-state index in [4.69, 9.17) is 4.74 Å². The summed E-state index contributed by atoms with van der Waals surface area (Å²) in [6.07, 6.45) is 3.85. The third-order valence-electron chi connectivity index (χ3n) is 3.22. The largest absolute Gasteiger partial charge is 0.486 e. The minimum absolute atomic E-state index is 0.130. The first kappa shape index (κ1) is 15.0. The Labute approximate surface area is 111 Å². The van der Waals surface area contributed by atoms with Gasteiger partial charge in [0.1, 0.15) is 11.4 Å². The van der Waals surface area contributed by atoms with E-state index in [1.165, 1.54) is 0 Å². The lowest BCUT2D eigenvalue weighted by Crippen LogP contribution is -2.27. The van der Waals surface area contributed by atoms with Gasteiger partial charge in [0.05, 0.1) is 11.9 Å². The molecule has 0 saturated heterocycles. The molecule has 0 spiro atoms. The Bertz CT molecular complexity index is 346. The Morgan fingerprint density at radius 2 is 2.00 bits per heavy atom. The van der Waals surface area contributed by atoms with Crippen LogP contribution in [-0.4, -0.2) is 17.1 Å². The maximum atomic E-state index is 5.90. The van der Waals surface area contributed by atoms with Crippen molar-refractivity contribution in [3.63, 3.8) is 0 Å². The van der Waals surface area contributed by atoms with Crippen molar-refractivity contribution in [1.82, 2.24) is 10.3 Å².